The molecular formula is C58H36N2O2. The van der Waals surface area contributed by atoms with Gasteiger partial charge in [-0.2, -0.15) is 0 Å². The summed E-state index contributed by atoms with van der Waals surface area (Å²) in [4.78, 5) is 2.42. The first-order chi connectivity index (χ1) is 30.8. The van der Waals surface area contributed by atoms with Gasteiger partial charge in [-0.3, -0.25) is 0 Å². The molecule has 62 heavy (non-hydrogen) atoms. The van der Waals surface area contributed by atoms with E-state index in [4.69, 9.17) is 8.83 Å². The Morgan fingerprint density at radius 1 is 0.371 bits per heavy atom. The van der Waals surface area contributed by atoms with Crippen LogP contribution in [0.25, 0.3) is 104 Å². The third-order valence-corrected chi connectivity index (χ3v) is 12.6. The van der Waals surface area contributed by atoms with Crippen LogP contribution < -0.4 is 4.90 Å². The number of para-hydroxylation sites is 5. The number of nitrogens with zero attached hydrogens (tertiary/aromatic N) is 2. The zero-order valence-electron chi connectivity index (χ0n) is 33.5. The predicted molar refractivity (Wildman–Crippen MR) is 258 cm³/mol. The SMILES string of the molecule is c1ccc(N(c2ccc3ccccc3c2)c2ccc3c(oc4ccccc43)c2-c2ccc(-n3c4ccccc4c4ccccc43)cc2)c(-c2cccc3oc4ccccc4c23)c1. The van der Waals surface area contributed by atoms with E-state index < -0.39 is 0 Å². The minimum Gasteiger partial charge on any atom is -0.456 e. The van der Waals surface area contributed by atoms with Crippen LogP contribution >= 0.6 is 0 Å². The predicted octanol–water partition coefficient (Wildman–Crippen LogP) is 16.5. The van der Waals surface area contributed by atoms with Gasteiger partial charge in [0.25, 0.3) is 0 Å². The Labute approximate surface area is 356 Å². The van der Waals surface area contributed by atoms with Crippen LogP contribution in [-0.2, 0) is 0 Å². The van der Waals surface area contributed by atoms with Gasteiger partial charge in [0.1, 0.15) is 22.3 Å². The zero-order chi connectivity index (χ0) is 40.7. The van der Waals surface area contributed by atoms with Crippen molar-refractivity contribution in [2.24, 2.45) is 0 Å². The maximum atomic E-state index is 6.95. The highest BCUT2D eigenvalue weighted by Crippen LogP contribution is 2.50. The first-order valence-electron chi connectivity index (χ1n) is 21.1. The van der Waals surface area contributed by atoms with Crippen LogP contribution in [-0.4, -0.2) is 4.57 Å². The number of hydrogen-bond acceptors (Lipinski definition) is 3. The summed E-state index contributed by atoms with van der Waals surface area (Å²) in [5, 5.41) is 9.20. The molecule has 0 saturated carbocycles. The topological polar surface area (TPSA) is 34.5 Å². The molecule has 0 saturated heterocycles. The third kappa shape index (κ3) is 5.20. The molecule has 4 heteroatoms. The van der Waals surface area contributed by atoms with Crippen molar-refractivity contribution in [3.05, 3.63) is 218 Å². The molecule has 0 aliphatic rings. The number of aromatic nitrogens is 1. The maximum absolute atomic E-state index is 6.95. The fourth-order valence-corrected chi connectivity index (χ4v) is 9.84. The number of anilines is 3. The second kappa shape index (κ2) is 13.6. The molecule has 0 unspecified atom stereocenters. The molecular weight excluding hydrogens is 757 g/mol. The second-order valence-electron chi connectivity index (χ2n) is 16.0. The van der Waals surface area contributed by atoms with Gasteiger partial charge in [-0.1, -0.05) is 146 Å². The van der Waals surface area contributed by atoms with Gasteiger partial charge < -0.3 is 18.3 Å². The quantitative estimate of drug-likeness (QED) is 0.168. The molecule has 3 aromatic heterocycles. The Morgan fingerprint density at radius 3 is 1.77 bits per heavy atom. The molecule has 0 amide bonds. The Hall–Kier alpha value is -8.34. The van der Waals surface area contributed by atoms with Crippen molar-refractivity contribution in [2.45, 2.75) is 0 Å². The largest absolute Gasteiger partial charge is 0.456 e. The van der Waals surface area contributed by atoms with E-state index in [0.717, 1.165) is 94.3 Å². The van der Waals surface area contributed by atoms with Crippen LogP contribution in [0.1, 0.15) is 0 Å². The zero-order valence-corrected chi connectivity index (χ0v) is 33.5. The van der Waals surface area contributed by atoms with Gasteiger partial charge in [0, 0.05) is 54.8 Å². The fourth-order valence-electron chi connectivity index (χ4n) is 9.84. The van der Waals surface area contributed by atoms with Crippen LogP contribution in [0.15, 0.2) is 227 Å². The molecule has 13 rings (SSSR count). The van der Waals surface area contributed by atoms with E-state index in [-0.39, 0.29) is 0 Å². The summed E-state index contributed by atoms with van der Waals surface area (Å²) in [6, 6.07) is 78.0. The first-order valence-corrected chi connectivity index (χ1v) is 21.1. The normalized spacial score (nSPS) is 11.9. The second-order valence-corrected chi connectivity index (χ2v) is 16.0. The molecule has 10 aromatic carbocycles. The van der Waals surface area contributed by atoms with E-state index in [1.807, 2.05) is 18.2 Å². The average molecular weight is 793 g/mol. The molecule has 0 N–H and O–H groups in total. The minimum absolute atomic E-state index is 0.847. The van der Waals surface area contributed by atoms with Gasteiger partial charge in [0.15, 0.2) is 0 Å². The van der Waals surface area contributed by atoms with Crippen LogP contribution in [0.3, 0.4) is 0 Å². The van der Waals surface area contributed by atoms with Crippen molar-refractivity contribution in [3.8, 4) is 27.9 Å². The number of benzene rings is 10. The van der Waals surface area contributed by atoms with Crippen LogP contribution in [0.2, 0.25) is 0 Å². The minimum atomic E-state index is 0.847. The lowest BCUT2D eigenvalue weighted by Gasteiger charge is -2.30. The van der Waals surface area contributed by atoms with Gasteiger partial charge in [-0.15, -0.1) is 0 Å². The van der Waals surface area contributed by atoms with Crippen LogP contribution in [0, 0.1) is 0 Å². The summed E-state index contributed by atoms with van der Waals surface area (Å²) < 4.78 is 15.8. The Balaban J connectivity index is 1.09. The smallest absolute Gasteiger partial charge is 0.145 e. The van der Waals surface area contributed by atoms with E-state index in [1.54, 1.807) is 0 Å². The average Bonchev–Trinajstić information content (AvgIpc) is 4.02. The summed E-state index contributed by atoms with van der Waals surface area (Å²) in [5.74, 6) is 0. The number of furan rings is 2. The molecule has 0 fully saturated rings. The van der Waals surface area contributed by atoms with E-state index in [1.165, 1.54) is 27.2 Å². The molecule has 0 aliphatic heterocycles. The summed E-state index contributed by atoms with van der Waals surface area (Å²) in [5.41, 5.74) is 14.3. The molecule has 0 atom stereocenters. The lowest BCUT2D eigenvalue weighted by atomic mass is 9.95. The van der Waals surface area contributed by atoms with E-state index >= 15 is 0 Å². The van der Waals surface area contributed by atoms with Gasteiger partial charge in [-0.05, 0) is 94.7 Å². The van der Waals surface area contributed by atoms with Crippen molar-refractivity contribution in [1.29, 1.82) is 0 Å². The third-order valence-electron chi connectivity index (χ3n) is 12.6. The Kier molecular flexibility index (Phi) is 7.57. The molecule has 0 spiro atoms. The number of hydrogen-bond donors (Lipinski definition) is 0. The molecule has 4 nitrogen and oxygen atoms in total. The van der Waals surface area contributed by atoms with Gasteiger partial charge >= 0.3 is 0 Å². The van der Waals surface area contributed by atoms with E-state index in [0.29, 0.717) is 0 Å². The molecule has 0 aliphatic carbocycles. The number of fused-ring (bicyclic) bond motifs is 10. The highest BCUT2D eigenvalue weighted by molar-refractivity contribution is 6.16. The van der Waals surface area contributed by atoms with Crippen molar-refractivity contribution >= 4 is 93.5 Å². The molecule has 0 radical (unpaired) electrons. The van der Waals surface area contributed by atoms with Gasteiger partial charge in [-0.25, -0.2) is 0 Å². The van der Waals surface area contributed by atoms with Crippen LogP contribution in [0.4, 0.5) is 17.1 Å². The molecule has 13 aromatic rings. The lowest BCUT2D eigenvalue weighted by Crippen LogP contribution is -2.12. The Morgan fingerprint density at radius 2 is 0.984 bits per heavy atom. The van der Waals surface area contributed by atoms with Crippen LogP contribution in [0.5, 0.6) is 0 Å². The first kappa shape index (κ1) is 34.5. The Bertz CT molecular complexity index is 3830. The molecule has 290 valence electrons. The monoisotopic (exact) mass is 792 g/mol. The highest BCUT2D eigenvalue weighted by atomic mass is 16.3. The summed E-state index contributed by atoms with van der Waals surface area (Å²) in [7, 11) is 0. The molecule has 0 bridgehead atoms. The van der Waals surface area contributed by atoms with Crippen molar-refractivity contribution in [3.63, 3.8) is 0 Å². The van der Waals surface area contributed by atoms with Crippen molar-refractivity contribution in [1.82, 2.24) is 4.57 Å². The van der Waals surface area contributed by atoms with Gasteiger partial charge in [0.2, 0.25) is 0 Å². The van der Waals surface area contributed by atoms with Gasteiger partial charge in [0.05, 0.1) is 22.4 Å². The van der Waals surface area contributed by atoms with Crippen molar-refractivity contribution < 1.29 is 8.83 Å². The number of rotatable bonds is 6. The van der Waals surface area contributed by atoms with Crippen molar-refractivity contribution in [2.75, 3.05) is 4.90 Å². The summed E-state index contributed by atoms with van der Waals surface area (Å²) in [6.07, 6.45) is 0. The highest BCUT2D eigenvalue weighted by Gasteiger charge is 2.26. The molecule has 3 heterocycles. The van der Waals surface area contributed by atoms with E-state index in [9.17, 15) is 0 Å². The lowest BCUT2D eigenvalue weighted by molar-refractivity contribution is 0.669. The fraction of sp³-hybridized carbons (Fsp3) is 0. The maximum Gasteiger partial charge on any atom is 0.145 e. The summed E-state index contributed by atoms with van der Waals surface area (Å²) in [6.45, 7) is 0. The van der Waals surface area contributed by atoms with E-state index in [2.05, 4.69) is 210 Å². The summed E-state index contributed by atoms with van der Waals surface area (Å²) >= 11 is 0. The standard InChI is InChI=1S/C58H36N2O2/c1-2-15-39-36-41(33-28-37(39)14-1)60(51-24-10-5-18-44(51)46-21-13-27-55-57(46)48-20-7-12-26-54(48)61-55)52-35-34-47-45-19-6-11-25-53(45)62-58(47)56(52)38-29-31-40(32-30-38)59-49-22-8-3-16-42(49)43-17-4-9-23-50(43)59/h1-36H.